The molecule has 4 N–H and O–H groups in total. The van der Waals surface area contributed by atoms with E-state index in [9.17, 15) is 15.0 Å². The summed E-state index contributed by atoms with van der Waals surface area (Å²) in [6.45, 7) is 7.20. The van der Waals surface area contributed by atoms with E-state index in [1.165, 1.54) is 25.7 Å². The van der Waals surface area contributed by atoms with Gasteiger partial charge in [-0.2, -0.15) is 5.10 Å². The van der Waals surface area contributed by atoms with E-state index in [4.69, 9.17) is 5.73 Å². The lowest BCUT2D eigenvalue weighted by atomic mass is 9.44. The molecule has 9 atom stereocenters. The maximum Gasteiger partial charge on any atom is 0.157 e. The highest BCUT2D eigenvalue weighted by molar-refractivity contribution is 5.82. The van der Waals surface area contributed by atoms with Crippen molar-refractivity contribution in [3.63, 3.8) is 0 Å². The number of aliphatic hydroxyl groups excluding tert-OH is 1. The molecular weight excluding hydrogens is 402 g/mol. The third-order valence-corrected chi connectivity index (χ3v) is 10.7. The molecule has 0 bridgehead atoms. The Morgan fingerprint density at radius 2 is 1.88 bits per heavy atom. The van der Waals surface area contributed by atoms with Crippen LogP contribution in [-0.4, -0.2) is 31.4 Å². The summed E-state index contributed by atoms with van der Waals surface area (Å²) in [7, 11) is 0. The standard InChI is InChI=1S/C26H41N3O3/c1-24(32)10-11-25(2)17(12-24)4-5-18-19-6-7-21(26(19,3)9-8-20(18)25)22(30)15-29-14-16(13-28-29)23(27)31/h13-14,17-21,23,31-32H,4-12,15,27H2,1-3H3/t17-,18+,19+,20+,21-,23?,24-,25+,26+/m1/s1. The number of carbonyl (C=O) groups is 1. The van der Waals surface area contributed by atoms with Gasteiger partial charge in [0.15, 0.2) is 5.78 Å². The fourth-order valence-electron chi connectivity index (χ4n) is 8.85. The molecule has 1 heterocycles. The van der Waals surface area contributed by atoms with Gasteiger partial charge in [0, 0.05) is 17.7 Å². The molecule has 6 nitrogen and oxygen atoms in total. The van der Waals surface area contributed by atoms with Crippen molar-refractivity contribution in [1.82, 2.24) is 9.78 Å². The summed E-state index contributed by atoms with van der Waals surface area (Å²) in [6.07, 6.45) is 12.2. The minimum absolute atomic E-state index is 0.0883. The predicted molar refractivity (Wildman–Crippen MR) is 122 cm³/mol. The fourth-order valence-corrected chi connectivity index (χ4v) is 8.85. The van der Waals surface area contributed by atoms with E-state index < -0.39 is 11.8 Å². The van der Waals surface area contributed by atoms with Crippen LogP contribution in [0.2, 0.25) is 0 Å². The number of carbonyl (C=O) groups excluding carboxylic acids is 1. The molecule has 6 heteroatoms. The van der Waals surface area contributed by atoms with Gasteiger partial charge in [-0.25, -0.2) is 0 Å². The van der Waals surface area contributed by atoms with Crippen molar-refractivity contribution in [1.29, 1.82) is 0 Å². The first-order valence-electron chi connectivity index (χ1n) is 12.7. The molecule has 0 saturated heterocycles. The van der Waals surface area contributed by atoms with Crippen molar-refractivity contribution in [2.75, 3.05) is 0 Å². The summed E-state index contributed by atoms with van der Waals surface area (Å²) < 4.78 is 1.64. The number of ketones is 1. The van der Waals surface area contributed by atoms with Crippen LogP contribution in [-0.2, 0) is 11.3 Å². The molecule has 32 heavy (non-hydrogen) atoms. The van der Waals surface area contributed by atoms with E-state index in [0.717, 1.165) is 43.9 Å². The van der Waals surface area contributed by atoms with Gasteiger partial charge in [-0.3, -0.25) is 9.48 Å². The van der Waals surface area contributed by atoms with Crippen molar-refractivity contribution < 1.29 is 15.0 Å². The van der Waals surface area contributed by atoms with Gasteiger partial charge in [0.25, 0.3) is 0 Å². The van der Waals surface area contributed by atoms with Gasteiger partial charge in [-0.1, -0.05) is 13.8 Å². The number of hydrogen-bond donors (Lipinski definition) is 3. The fraction of sp³-hybridized carbons (Fsp3) is 0.846. The minimum Gasteiger partial charge on any atom is -0.390 e. The SMILES string of the molecule is C[C@@]1(O)CC[C@@]2(C)[C@H](CC[C@@H]3[C@@H]2CC[C@]2(C)[C@@H](C(=O)Cn4cc(C(N)O)cn4)CC[C@@H]32)C1. The molecule has 0 radical (unpaired) electrons. The average molecular weight is 444 g/mol. The highest BCUT2D eigenvalue weighted by Gasteiger charge is 2.61. The van der Waals surface area contributed by atoms with Gasteiger partial charge in [0.2, 0.25) is 0 Å². The topological polar surface area (TPSA) is 101 Å². The Labute approximate surface area is 191 Å². The first kappa shape index (κ1) is 22.5. The van der Waals surface area contributed by atoms with Gasteiger partial charge in [0.05, 0.1) is 18.3 Å². The Balaban J connectivity index is 1.32. The van der Waals surface area contributed by atoms with Crippen LogP contribution >= 0.6 is 0 Å². The summed E-state index contributed by atoms with van der Waals surface area (Å²) in [5, 5.41) is 24.5. The first-order valence-corrected chi connectivity index (χ1v) is 12.7. The maximum absolute atomic E-state index is 13.4. The maximum atomic E-state index is 13.4. The summed E-state index contributed by atoms with van der Waals surface area (Å²) >= 11 is 0. The van der Waals surface area contributed by atoms with E-state index in [2.05, 4.69) is 18.9 Å². The summed E-state index contributed by atoms with van der Waals surface area (Å²) in [5.74, 6) is 3.12. The molecule has 178 valence electrons. The highest BCUT2D eigenvalue weighted by Crippen LogP contribution is 2.68. The summed E-state index contributed by atoms with van der Waals surface area (Å²) in [6, 6.07) is 0. The molecule has 4 aliphatic rings. The minimum atomic E-state index is -1.05. The van der Waals surface area contributed by atoms with Crippen molar-refractivity contribution in [3.05, 3.63) is 18.0 Å². The normalized spacial score (nSPS) is 46.8. The Morgan fingerprint density at radius 1 is 1.12 bits per heavy atom. The van der Waals surface area contributed by atoms with Crippen LogP contribution in [0.4, 0.5) is 0 Å². The smallest absolute Gasteiger partial charge is 0.157 e. The Kier molecular flexibility index (Phi) is 5.38. The van der Waals surface area contributed by atoms with Crippen LogP contribution in [0.3, 0.4) is 0 Å². The number of Topliss-reactive ketones (excluding diaryl/α,β-unsaturated/α-hetero) is 1. The van der Waals surface area contributed by atoms with Crippen LogP contribution < -0.4 is 5.73 Å². The third-order valence-electron chi connectivity index (χ3n) is 10.7. The van der Waals surface area contributed by atoms with E-state index >= 15 is 0 Å². The largest absolute Gasteiger partial charge is 0.390 e. The number of hydrogen-bond acceptors (Lipinski definition) is 5. The first-order chi connectivity index (χ1) is 15.0. The number of aromatic nitrogens is 2. The second-order valence-electron chi connectivity index (χ2n) is 12.4. The Morgan fingerprint density at radius 3 is 2.59 bits per heavy atom. The van der Waals surface area contributed by atoms with Crippen molar-refractivity contribution in [2.24, 2.45) is 46.2 Å². The van der Waals surface area contributed by atoms with E-state index in [1.54, 1.807) is 17.1 Å². The molecular formula is C26H41N3O3. The second-order valence-corrected chi connectivity index (χ2v) is 12.4. The van der Waals surface area contributed by atoms with Crippen molar-refractivity contribution in [3.8, 4) is 0 Å². The molecule has 0 aromatic carbocycles. The second kappa shape index (κ2) is 7.64. The summed E-state index contributed by atoms with van der Waals surface area (Å²) in [5.41, 5.74) is 6.02. The predicted octanol–water partition coefficient (Wildman–Crippen LogP) is 3.81. The molecule has 4 saturated carbocycles. The van der Waals surface area contributed by atoms with Gasteiger partial charge in [-0.15, -0.1) is 0 Å². The third kappa shape index (κ3) is 3.48. The molecule has 1 aromatic rings. The lowest BCUT2D eigenvalue weighted by Crippen LogP contribution is -2.55. The number of fused-ring (bicyclic) bond motifs is 5. The lowest BCUT2D eigenvalue weighted by Gasteiger charge is -2.61. The zero-order valence-corrected chi connectivity index (χ0v) is 20.0. The number of nitrogens with two attached hydrogens (primary N) is 1. The van der Waals surface area contributed by atoms with Gasteiger partial charge < -0.3 is 15.9 Å². The van der Waals surface area contributed by atoms with Gasteiger partial charge in [0.1, 0.15) is 6.23 Å². The van der Waals surface area contributed by atoms with Crippen molar-refractivity contribution >= 4 is 5.78 Å². The molecule has 5 rings (SSSR count). The molecule has 0 amide bonds. The van der Waals surface area contributed by atoms with E-state index in [1.807, 2.05) is 6.92 Å². The zero-order valence-electron chi connectivity index (χ0n) is 20.0. The lowest BCUT2D eigenvalue weighted by molar-refractivity contribution is -0.151. The Hall–Kier alpha value is -1.24. The average Bonchev–Trinajstić information content (AvgIpc) is 3.32. The van der Waals surface area contributed by atoms with Crippen LogP contribution in [0.1, 0.15) is 90.3 Å². The molecule has 4 aliphatic carbocycles. The zero-order chi connectivity index (χ0) is 22.9. The summed E-state index contributed by atoms with van der Waals surface area (Å²) in [4.78, 5) is 13.4. The van der Waals surface area contributed by atoms with Crippen LogP contribution in [0, 0.1) is 40.4 Å². The number of rotatable bonds is 4. The highest BCUT2D eigenvalue weighted by atomic mass is 16.3. The molecule has 1 aromatic heterocycles. The van der Waals surface area contributed by atoms with E-state index in [0.29, 0.717) is 22.8 Å². The van der Waals surface area contributed by atoms with Gasteiger partial charge >= 0.3 is 0 Å². The number of nitrogens with zero attached hydrogens (tertiary/aromatic N) is 2. The molecule has 1 unspecified atom stereocenters. The monoisotopic (exact) mass is 443 g/mol. The van der Waals surface area contributed by atoms with Crippen LogP contribution in [0.25, 0.3) is 0 Å². The quantitative estimate of drug-likeness (QED) is 0.614. The Bertz CT molecular complexity index is 879. The van der Waals surface area contributed by atoms with E-state index in [-0.39, 0.29) is 23.7 Å². The molecule has 0 spiro atoms. The molecule has 0 aliphatic heterocycles. The molecule has 4 fully saturated rings. The van der Waals surface area contributed by atoms with Crippen molar-refractivity contribution in [2.45, 2.75) is 96.9 Å². The van der Waals surface area contributed by atoms with Crippen LogP contribution in [0.15, 0.2) is 12.4 Å². The van der Waals surface area contributed by atoms with Gasteiger partial charge in [-0.05, 0) is 99.2 Å². The number of aliphatic hydroxyl groups is 2. The van der Waals surface area contributed by atoms with Crippen LogP contribution in [0.5, 0.6) is 0 Å².